The Hall–Kier alpha value is -1.85. The number of amides is 2. The number of nitrogens with one attached hydrogen (secondary N) is 2. The second-order valence-electron chi connectivity index (χ2n) is 9.75. The summed E-state index contributed by atoms with van der Waals surface area (Å²) in [7, 11) is 0. The van der Waals surface area contributed by atoms with Crippen molar-refractivity contribution in [2.24, 2.45) is 23.7 Å². The molecule has 0 aromatic rings. The van der Waals surface area contributed by atoms with Crippen LogP contribution in [-0.2, 0) is 14.4 Å². The van der Waals surface area contributed by atoms with Crippen molar-refractivity contribution < 1.29 is 19.5 Å². The Bertz CT molecular complexity index is 619. The molecule has 2 rings (SSSR count). The van der Waals surface area contributed by atoms with Gasteiger partial charge in [-0.2, -0.15) is 0 Å². The third-order valence-corrected chi connectivity index (χ3v) is 7.35. The van der Waals surface area contributed by atoms with E-state index in [4.69, 9.17) is 5.11 Å². The van der Waals surface area contributed by atoms with E-state index in [0.29, 0.717) is 37.1 Å². The van der Waals surface area contributed by atoms with Crippen molar-refractivity contribution in [3.63, 3.8) is 0 Å². The van der Waals surface area contributed by atoms with Crippen LogP contribution in [0.15, 0.2) is 12.2 Å². The predicted octanol–water partition coefficient (Wildman–Crippen LogP) is 4.83. The molecule has 6 nitrogen and oxygen atoms in total. The fourth-order valence-corrected chi connectivity index (χ4v) is 5.58. The largest absolute Gasteiger partial charge is 0.481 e. The highest BCUT2D eigenvalue weighted by molar-refractivity contribution is 5.84. The van der Waals surface area contributed by atoms with Crippen molar-refractivity contribution in [3.8, 4) is 0 Å². The molecule has 0 aromatic heterocycles. The first-order valence-electron chi connectivity index (χ1n) is 12.9. The number of aliphatic carboxylic acids is 1. The number of hydrogen-bond donors (Lipinski definition) is 3. The number of rotatable bonds is 17. The summed E-state index contributed by atoms with van der Waals surface area (Å²) in [5, 5.41) is 14.5. The van der Waals surface area contributed by atoms with Gasteiger partial charge in [-0.25, -0.2) is 0 Å². The van der Waals surface area contributed by atoms with Gasteiger partial charge in [-0.15, -0.1) is 0 Å². The van der Waals surface area contributed by atoms with E-state index in [0.717, 1.165) is 31.6 Å². The summed E-state index contributed by atoms with van der Waals surface area (Å²) in [6, 6.07) is 0. The molecule has 0 unspecified atom stereocenters. The van der Waals surface area contributed by atoms with Gasteiger partial charge in [0.05, 0.1) is 6.54 Å². The molecule has 2 aliphatic carbocycles. The van der Waals surface area contributed by atoms with E-state index in [1.54, 1.807) is 0 Å². The van der Waals surface area contributed by atoms with Crippen molar-refractivity contribution in [1.29, 1.82) is 0 Å². The van der Waals surface area contributed by atoms with Crippen LogP contribution in [0.2, 0.25) is 0 Å². The van der Waals surface area contributed by atoms with Crippen molar-refractivity contribution in [3.05, 3.63) is 12.2 Å². The number of hydrogen-bond acceptors (Lipinski definition) is 3. The van der Waals surface area contributed by atoms with Gasteiger partial charge >= 0.3 is 5.97 Å². The van der Waals surface area contributed by atoms with Crippen LogP contribution in [0.1, 0.15) is 96.8 Å². The van der Waals surface area contributed by atoms with E-state index >= 15 is 0 Å². The van der Waals surface area contributed by atoms with Crippen molar-refractivity contribution in [2.45, 2.75) is 96.8 Å². The fourth-order valence-electron chi connectivity index (χ4n) is 5.58. The van der Waals surface area contributed by atoms with Crippen LogP contribution in [0.5, 0.6) is 0 Å². The summed E-state index contributed by atoms with van der Waals surface area (Å²) in [5.41, 5.74) is 0. The molecule has 0 aliphatic heterocycles. The lowest BCUT2D eigenvalue weighted by molar-refractivity contribution is -0.137. The molecular weight excluding hydrogens is 404 g/mol. The normalized spacial score (nSPS) is 24.2. The van der Waals surface area contributed by atoms with E-state index in [2.05, 4.69) is 29.7 Å². The zero-order chi connectivity index (χ0) is 23.2. The zero-order valence-electron chi connectivity index (χ0n) is 19.9. The van der Waals surface area contributed by atoms with Crippen LogP contribution in [-0.4, -0.2) is 36.0 Å². The van der Waals surface area contributed by atoms with Gasteiger partial charge in [0, 0.05) is 19.4 Å². The first-order chi connectivity index (χ1) is 15.5. The van der Waals surface area contributed by atoms with E-state index < -0.39 is 5.97 Å². The molecule has 2 saturated carbocycles. The molecule has 0 heterocycles. The van der Waals surface area contributed by atoms with Gasteiger partial charge in [0.25, 0.3) is 0 Å². The van der Waals surface area contributed by atoms with Gasteiger partial charge in [0.15, 0.2) is 0 Å². The van der Waals surface area contributed by atoms with Crippen LogP contribution < -0.4 is 10.6 Å². The molecule has 0 saturated heterocycles. The number of unbranched alkanes of at least 4 members (excludes halogenated alkanes) is 6. The average molecular weight is 449 g/mol. The topological polar surface area (TPSA) is 95.5 Å². The predicted molar refractivity (Wildman–Crippen MR) is 127 cm³/mol. The maximum Gasteiger partial charge on any atom is 0.303 e. The Morgan fingerprint density at radius 2 is 1.56 bits per heavy atom. The SMILES string of the molecule is CCCCCCCCC(=O)NCC(=O)NC[C@@H]1[C@@H]2CC[C@@H](C2)[C@@H]1CC=CCCCC(=O)O. The molecule has 182 valence electrons. The maximum absolute atomic E-state index is 12.3. The summed E-state index contributed by atoms with van der Waals surface area (Å²) < 4.78 is 0. The number of carboxylic acid groups (broad SMARTS) is 1. The third kappa shape index (κ3) is 9.74. The summed E-state index contributed by atoms with van der Waals surface area (Å²) in [4.78, 5) is 34.8. The van der Waals surface area contributed by atoms with Gasteiger partial charge in [0.2, 0.25) is 11.8 Å². The first-order valence-corrected chi connectivity index (χ1v) is 12.9. The van der Waals surface area contributed by atoms with Crippen LogP contribution in [0, 0.1) is 23.7 Å². The fraction of sp³-hybridized carbons (Fsp3) is 0.808. The molecule has 4 atom stereocenters. The Labute approximate surface area is 194 Å². The minimum atomic E-state index is -0.735. The molecule has 0 spiro atoms. The van der Waals surface area contributed by atoms with Crippen LogP contribution in [0.4, 0.5) is 0 Å². The summed E-state index contributed by atoms with van der Waals surface area (Å²) >= 11 is 0. The van der Waals surface area contributed by atoms with Gasteiger partial charge < -0.3 is 15.7 Å². The summed E-state index contributed by atoms with van der Waals surface area (Å²) in [5.74, 6) is 1.72. The second-order valence-corrected chi connectivity index (χ2v) is 9.75. The zero-order valence-corrected chi connectivity index (χ0v) is 19.9. The highest BCUT2D eigenvalue weighted by Gasteiger charge is 2.46. The lowest BCUT2D eigenvalue weighted by atomic mass is 9.77. The highest BCUT2D eigenvalue weighted by Crippen LogP contribution is 2.53. The number of carboxylic acids is 1. The van der Waals surface area contributed by atoms with Crippen LogP contribution >= 0.6 is 0 Å². The van der Waals surface area contributed by atoms with Gasteiger partial charge in [-0.1, -0.05) is 51.2 Å². The Balaban J connectivity index is 1.61. The van der Waals surface area contributed by atoms with Gasteiger partial charge in [0.1, 0.15) is 0 Å². The molecule has 3 N–H and O–H groups in total. The van der Waals surface area contributed by atoms with Crippen molar-refractivity contribution >= 4 is 17.8 Å². The lowest BCUT2D eigenvalue weighted by Crippen LogP contribution is -2.41. The van der Waals surface area contributed by atoms with Crippen molar-refractivity contribution in [2.75, 3.05) is 13.1 Å². The standard InChI is InChI=1S/C26H44N2O4/c1-2-3-4-5-6-10-13-24(29)28-19-25(30)27-18-23-21-16-15-20(17-21)22(23)12-9-7-8-11-14-26(31)32/h7,9,20-23H,2-6,8,10-19H2,1H3,(H,27,30)(H,28,29)(H,31,32)/t20-,21+,22-,23+/m0/s1. The number of allylic oxidation sites excluding steroid dienone is 2. The molecule has 32 heavy (non-hydrogen) atoms. The molecule has 0 radical (unpaired) electrons. The van der Waals surface area contributed by atoms with Gasteiger partial charge in [-0.05, 0) is 68.6 Å². The first kappa shape index (κ1) is 26.4. The quantitative estimate of drug-likeness (QED) is 0.219. The molecule has 2 amide bonds. The Morgan fingerprint density at radius 3 is 2.31 bits per heavy atom. The second kappa shape index (κ2) is 15.1. The maximum atomic E-state index is 12.3. The Kier molecular flexibility index (Phi) is 12.4. The number of carbonyl (C=O) groups is 3. The molecule has 2 bridgehead atoms. The van der Waals surface area contributed by atoms with E-state index in [1.165, 1.54) is 44.9 Å². The highest BCUT2D eigenvalue weighted by atomic mass is 16.4. The molecule has 2 aliphatic rings. The van der Waals surface area contributed by atoms with E-state index in [9.17, 15) is 14.4 Å². The van der Waals surface area contributed by atoms with E-state index in [1.807, 2.05) is 0 Å². The molecule has 0 aromatic carbocycles. The molecule has 6 heteroatoms. The number of carbonyl (C=O) groups excluding carboxylic acids is 2. The van der Waals surface area contributed by atoms with E-state index in [-0.39, 0.29) is 24.8 Å². The molecule has 2 fully saturated rings. The molecular formula is C26H44N2O4. The van der Waals surface area contributed by atoms with Crippen molar-refractivity contribution in [1.82, 2.24) is 10.6 Å². The van der Waals surface area contributed by atoms with Gasteiger partial charge in [-0.3, -0.25) is 14.4 Å². The summed E-state index contributed by atoms with van der Waals surface area (Å²) in [6.45, 7) is 2.97. The smallest absolute Gasteiger partial charge is 0.303 e. The lowest BCUT2D eigenvalue weighted by Gasteiger charge is -2.30. The summed E-state index contributed by atoms with van der Waals surface area (Å²) in [6.07, 6.45) is 18.3. The average Bonchev–Trinajstić information content (AvgIpc) is 3.37. The minimum Gasteiger partial charge on any atom is -0.481 e. The van der Waals surface area contributed by atoms with Crippen LogP contribution in [0.3, 0.4) is 0 Å². The van der Waals surface area contributed by atoms with Crippen LogP contribution in [0.25, 0.3) is 0 Å². The number of fused-ring (bicyclic) bond motifs is 2. The minimum absolute atomic E-state index is 0.0264. The monoisotopic (exact) mass is 448 g/mol. The Morgan fingerprint density at radius 1 is 0.844 bits per heavy atom. The third-order valence-electron chi connectivity index (χ3n) is 7.35.